The molecule has 1 aliphatic rings. The fraction of sp³-hybridized carbons (Fsp3) is 1.00. The zero-order valence-corrected chi connectivity index (χ0v) is 10.2. The van der Waals surface area contributed by atoms with Crippen molar-refractivity contribution in [3.05, 3.63) is 0 Å². The molecule has 0 atom stereocenters. The third-order valence-corrected chi connectivity index (χ3v) is 3.87. The maximum atomic E-state index is 3.40. The van der Waals surface area contributed by atoms with Gasteiger partial charge in [-0.2, -0.15) is 0 Å². The van der Waals surface area contributed by atoms with Crippen LogP contribution in [0.15, 0.2) is 0 Å². The van der Waals surface area contributed by atoms with E-state index in [1.54, 1.807) is 0 Å². The second kappa shape index (κ2) is 5.75. The predicted molar refractivity (Wildman–Crippen MR) is 63.5 cm³/mol. The van der Waals surface area contributed by atoms with Crippen molar-refractivity contribution in [2.45, 2.75) is 59.3 Å². The first-order chi connectivity index (χ1) is 6.72. The molecule has 1 saturated carbocycles. The zero-order valence-electron chi connectivity index (χ0n) is 10.2. The molecule has 1 heteroatoms. The van der Waals surface area contributed by atoms with Crippen molar-refractivity contribution in [2.75, 3.05) is 13.1 Å². The normalized spacial score (nSPS) is 31.5. The van der Waals surface area contributed by atoms with Gasteiger partial charge in [0.2, 0.25) is 0 Å². The maximum absolute atomic E-state index is 3.40. The highest BCUT2D eigenvalue weighted by Gasteiger charge is 2.39. The Labute approximate surface area is 89.7 Å². The van der Waals surface area contributed by atoms with Crippen molar-refractivity contribution in [2.24, 2.45) is 11.3 Å². The van der Waals surface area contributed by atoms with Crippen molar-refractivity contribution in [3.63, 3.8) is 0 Å². The molecule has 0 bridgehead atoms. The van der Waals surface area contributed by atoms with Crippen LogP contribution >= 0.6 is 0 Å². The average molecular weight is 197 g/mol. The summed E-state index contributed by atoms with van der Waals surface area (Å²) in [4.78, 5) is 0. The highest BCUT2D eigenvalue weighted by Crippen LogP contribution is 2.51. The topological polar surface area (TPSA) is 12.0 Å². The molecule has 0 radical (unpaired) electrons. The van der Waals surface area contributed by atoms with Gasteiger partial charge in [0.15, 0.2) is 0 Å². The standard InChI is InChI=1S/C13H27N/c1-4-13(10-12(3)11-13)8-6-7-9-14-5-2/h12,14H,4-11H2,1-3H3. The summed E-state index contributed by atoms with van der Waals surface area (Å²) in [6, 6.07) is 0. The van der Waals surface area contributed by atoms with Crippen LogP contribution in [0.4, 0.5) is 0 Å². The third-order valence-electron chi connectivity index (χ3n) is 3.87. The molecule has 84 valence electrons. The molecule has 0 aromatic heterocycles. The number of rotatable bonds is 7. The molecule has 0 spiro atoms. The van der Waals surface area contributed by atoms with E-state index in [0.29, 0.717) is 0 Å². The van der Waals surface area contributed by atoms with Crippen LogP contribution in [0.25, 0.3) is 0 Å². The minimum Gasteiger partial charge on any atom is -0.317 e. The van der Waals surface area contributed by atoms with E-state index >= 15 is 0 Å². The molecule has 1 aliphatic carbocycles. The second-order valence-electron chi connectivity index (χ2n) is 5.18. The first-order valence-corrected chi connectivity index (χ1v) is 6.43. The summed E-state index contributed by atoms with van der Waals surface area (Å²) in [7, 11) is 0. The molecular formula is C13H27N. The largest absolute Gasteiger partial charge is 0.317 e. The van der Waals surface area contributed by atoms with E-state index in [9.17, 15) is 0 Å². The fourth-order valence-corrected chi connectivity index (χ4v) is 3.01. The van der Waals surface area contributed by atoms with Gasteiger partial charge < -0.3 is 5.32 Å². The Hall–Kier alpha value is -0.0400. The van der Waals surface area contributed by atoms with E-state index in [4.69, 9.17) is 0 Å². The van der Waals surface area contributed by atoms with Crippen molar-refractivity contribution in [3.8, 4) is 0 Å². The number of hydrogen-bond donors (Lipinski definition) is 1. The molecule has 0 heterocycles. The smallest absolute Gasteiger partial charge is 0.00490 e. The molecule has 1 fully saturated rings. The van der Waals surface area contributed by atoms with E-state index in [1.807, 2.05) is 0 Å². The molecule has 0 saturated heterocycles. The highest BCUT2D eigenvalue weighted by molar-refractivity contribution is 4.90. The first kappa shape index (κ1) is 12.0. The SMILES string of the molecule is CCNCCCCC1(CC)CC(C)C1. The Kier molecular flexibility index (Phi) is 4.94. The quantitative estimate of drug-likeness (QED) is 0.615. The molecule has 0 amide bonds. The molecule has 0 aromatic rings. The molecule has 14 heavy (non-hydrogen) atoms. The van der Waals surface area contributed by atoms with Gasteiger partial charge in [-0.15, -0.1) is 0 Å². The van der Waals surface area contributed by atoms with Crippen LogP contribution in [0.5, 0.6) is 0 Å². The third kappa shape index (κ3) is 3.27. The summed E-state index contributed by atoms with van der Waals surface area (Å²) in [6.45, 7) is 9.28. The van der Waals surface area contributed by atoms with Crippen LogP contribution in [0, 0.1) is 11.3 Å². The maximum Gasteiger partial charge on any atom is -0.00490 e. The minimum atomic E-state index is 0.756. The second-order valence-corrected chi connectivity index (χ2v) is 5.18. The van der Waals surface area contributed by atoms with E-state index in [0.717, 1.165) is 17.9 Å². The lowest BCUT2D eigenvalue weighted by Crippen LogP contribution is -2.35. The van der Waals surface area contributed by atoms with Gasteiger partial charge in [0.25, 0.3) is 0 Å². The average Bonchev–Trinajstić information content (AvgIpc) is 2.14. The zero-order chi connectivity index (χ0) is 10.4. The number of nitrogens with one attached hydrogen (secondary N) is 1. The van der Waals surface area contributed by atoms with E-state index in [-0.39, 0.29) is 0 Å². The van der Waals surface area contributed by atoms with Crippen LogP contribution in [0.3, 0.4) is 0 Å². The van der Waals surface area contributed by atoms with Crippen LogP contribution in [-0.4, -0.2) is 13.1 Å². The van der Waals surface area contributed by atoms with E-state index in [1.165, 1.54) is 45.1 Å². The summed E-state index contributed by atoms with van der Waals surface area (Å²) in [5, 5.41) is 3.40. The van der Waals surface area contributed by atoms with E-state index < -0.39 is 0 Å². The van der Waals surface area contributed by atoms with E-state index in [2.05, 4.69) is 26.1 Å². The summed E-state index contributed by atoms with van der Waals surface area (Å²) in [5.74, 6) is 1.00. The summed E-state index contributed by atoms with van der Waals surface area (Å²) < 4.78 is 0. The number of unbranched alkanes of at least 4 members (excludes halogenated alkanes) is 1. The van der Waals surface area contributed by atoms with Crippen LogP contribution in [0.1, 0.15) is 59.3 Å². The predicted octanol–water partition coefficient (Wildman–Crippen LogP) is 3.59. The molecule has 1 N–H and O–H groups in total. The Morgan fingerprint density at radius 2 is 1.93 bits per heavy atom. The van der Waals surface area contributed by atoms with Crippen LogP contribution in [0.2, 0.25) is 0 Å². The number of hydrogen-bond acceptors (Lipinski definition) is 1. The molecule has 0 unspecified atom stereocenters. The van der Waals surface area contributed by atoms with Crippen molar-refractivity contribution < 1.29 is 0 Å². The lowest BCUT2D eigenvalue weighted by Gasteiger charge is -2.46. The summed E-state index contributed by atoms with van der Waals surface area (Å²) in [5.41, 5.74) is 0.756. The molecule has 1 nitrogen and oxygen atoms in total. The van der Waals surface area contributed by atoms with Crippen LogP contribution < -0.4 is 5.32 Å². The van der Waals surface area contributed by atoms with Gasteiger partial charge in [0.05, 0.1) is 0 Å². The summed E-state index contributed by atoms with van der Waals surface area (Å²) >= 11 is 0. The monoisotopic (exact) mass is 197 g/mol. The fourth-order valence-electron chi connectivity index (χ4n) is 3.01. The minimum absolute atomic E-state index is 0.756. The van der Waals surface area contributed by atoms with Gasteiger partial charge in [-0.05, 0) is 50.1 Å². The molecule has 1 rings (SSSR count). The van der Waals surface area contributed by atoms with Gasteiger partial charge in [0.1, 0.15) is 0 Å². The Morgan fingerprint density at radius 3 is 2.43 bits per heavy atom. The van der Waals surface area contributed by atoms with Gasteiger partial charge >= 0.3 is 0 Å². The van der Waals surface area contributed by atoms with Gasteiger partial charge in [-0.1, -0.05) is 33.6 Å². The van der Waals surface area contributed by atoms with Gasteiger partial charge in [0, 0.05) is 0 Å². The molecule has 0 aromatic carbocycles. The van der Waals surface area contributed by atoms with Gasteiger partial charge in [-0.25, -0.2) is 0 Å². The molecule has 0 aliphatic heterocycles. The van der Waals surface area contributed by atoms with Crippen LogP contribution in [-0.2, 0) is 0 Å². The lowest BCUT2D eigenvalue weighted by atomic mass is 9.59. The van der Waals surface area contributed by atoms with Crippen molar-refractivity contribution in [1.29, 1.82) is 0 Å². The summed E-state index contributed by atoms with van der Waals surface area (Å²) in [6.07, 6.45) is 8.64. The highest BCUT2D eigenvalue weighted by atomic mass is 14.8. The van der Waals surface area contributed by atoms with Crippen molar-refractivity contribution in [1.82, 2.24) is 5.32 Å². The Balaban J connectivity index is 2.04. The Bertz CT molecular complexity index is 147. The van der Waals surface area contributed by atoms with Crippen molar-refractivity contribution >= 4 is 0 Å². The first-order valence-electron chi connectivity index (χ1n) is 6.43. The molecular weight excluding hydrogens is 170 g/mol. The van der Waals surface area contributed by atoms with Gasteiger partial charge in [-0.3, -0.25) is 0 Å². The Morgan fingerprint density at radius 1 is 1.21 bits per heavy atom. The lowest BCUT2D eigenvalue weighted by molar-refractivity contribution is 0.0484.